The van der Waals surface area contributed by atoms with E-state index in [0.717, 1.165) is 19.3 Å². The molecule has 1 aliphatic heterocycles. The minimum atomic E-state index is -0.465. The van der Waals surface area contributed by atoms with Gasteiger partial charge in [-0.15, -0.1) is 10.2 Å². The molecule has 1 amide bonds. The number of non-ortho nitro benzene ring substituents is 1. The molecule has 0 aliphatic carbocycles. The Balaban J connectivity index is 1.71. The van der Waals surface area contributed by atoms with Crippen molar-refractivity contribution < 1.29 is 9.72 Å². The number of piperidine rings is 1. The highest BCUT2D eigenvalue weighted by atomic mass is 16.6. The predicted octanol–water partition coefficient (Wildman–Crippen LogP) is 2.04. The highest BCUT2D eigenvalue weighted by Crippen LogP contribution is 2.23. The minimum Gasteiger partial charge on any atom is -0.336 e. The Morgan fingerprint density at radius 2 is 1.88 bits per heavy atom. The van der Waals surface area contributed by atoms with Crippen molar-refractivity contribution >= 4 is 11.6 Å². The largest absolute Gasteiger partial charge is 0.336 e. The first-order valence-electron chi connectivity index (χ1n) is 8.29. The minimum absolute atomic E-state index is 0.000562. The van der Waals surface area contributed by atoms with Crippen molar-refractivity contribution in [2.75, 3.05) is 0 Å². The maximum absolute atomic E-state index is 12.6. The normalized spacial score (nSPS) is 20.5. The van der Waals surface area contributed by atoms with Crippen LogP contribution in [0.3, 0.4) is 0 Å². The van der Waals surface area contributed by atoms with E-state index in [0.29, 0.717) is 11.4 Å². The van der Waals surface area contributed by atoms with Gasteiger partial charge >= 0.3 is 0 Å². The van der Waals surface area contributed by atoms with Crippen LogP contribution in [0.1, 0.15) is 33.1 Å². The number of nitrogens with zero attached hydrogens (tertiary/aromatic N) is 6. The van der Waals surface area contributed by atoms with E-state index >= 15 is 0 Å². The number of rotatable bonds is 4. The van der Waals surface area contributed by atoms with E-state index in [2.05, 4.69) is 29.3 Å². The van der Waals surface area contributed by atoms with Gasteiger partial charge in [-0.2, -0.15) is 4.80 Å². The number of nitro groups is 1. The predicted molar refractivity (Wildman–Crippen MR) is 89.5 cm³/mol. The van der Waals surface area contributed by atoms with Crippen molar-refractivity contribution in [1.29, 1.82) is 0 Å². The fourth-order valence-corrected chi connectivity index (χ4v) is 3.27. The molecule has 0 N–H and O–H groups in total. The molecule has 2 aromatic rings. The van der Waals surface area contributed by atoms with Crippen molar-refractivity contribution in [1.82, 2.24) is 25.1 Å². The summed E-state index contributed by atoms with van der Waals surface area (Å²) in [5.41, 5.74) is 0.614. The Morgan fingerprint density at radius 3 is 2.48 bits per heavy atom. The van der Waals surface area contributed by atoms with E-state index in [9.17, 15) is 14.9 Å². The third-order valence-electron chi connectivity index (χ3n) is 4.55. The molecule has 0 saturated carbocycles. The van der Waals surface area contributed by atoms with Gasteiger partial charge in [0.05, 0.1) is 4.92 Å². The number of carbonyl (C=O) groups excluding carboxylic acids is 1. The molecule has 0 unspecified atom stereocenters. The quantitative estimate of drug-likeness (QED) is 0.620. The number of aromatic nitrogens is 4. The molecule has 2 heterocycles. The summed E-state index contributed by atoms with van der Waals surface area (Å²) < 4.78 is 0. The fourth-order valence-electron chi connectivity index (χ4n) is 3.27. The molecule has 1 saturated heterocycles. The van der Waals surface area contributed by atoms with Crippen LogP contribution in [-0.2, 0) is 11.3 Å². The Morgan fingerprint density at radius 1 is 1.24 bits per heavy atom. The fraction of sp³-hybridized carbons (Fsp3) is 0.500. The summed E-state index contributed by atoms with van der Waals surface area (Å²) in [5, 5.41) is 22.8. The van der Waals surface area contributed by atoms with E-state index in [1.807, 2.05) is 4.90 Å². The van der Waals surface area contributed by atoms with Gasteiger partial charge in [-0.05, 0) is 50.5 Å². The average Bonchev–Trinajstić information content (AvgIpc) is 3.03. The lowest BCUT2D eigenvalue weighted by molar-refractivity contribution is -0.384. The molecule has 0 radical (unpaired) electrons. The zero-order valence-electron chi connectivity index (χ0n) is 14.2. The number of hydrogen-bond acceptors (Lipinski definition) is 6. The Bertz CT molecular complexity index is 762. The molecule has 1 aliphatic rings. The van der Waals surface area contributed by atoms with Gasteiger partial charge in [0.15, 0.2) is 0 Å². The number of benzene rings is 1. The van der Waals surface area contributed by atoms with Gasteiger partial charge in [0, 0.05) is 29.8 Å². The van der Waals surface area contributed by atoms with Crippen molar-refractivity contribution in [3.8, 4) is 11.4 Å². The summed E-state index contributed by atoms with van der Waals surface area (Å²) in [6, 6.07) is 6.34. The standard InChI is InChI=1S/C16H20N6O3/c1-11-4-3-5-12(2)21(11)15(23)10-20-18-16(17-19-20)13-6-8-14(9-7-13)22(24)25/h6-9,11-12H,3-5,10H2,1-2H3/t11-,12-/m1/s1. The summed E-state index contributed by atoms with van der Waals surface area (Å²) >= 11 is 0. The molecule has 1 fully saturated rings. The summed E-state index contributed by atoms with van der Waals surface area (Å²) in [6.07, 6.45) is 3.15. The van der Waals surface area contributed by atoms with Gasteiger partial charge in [0.1, 0.15) is 6.54 Å². The SMILES string of the molecule is C[C@@H]1CCC[C@@H](C)N1C(=O)Cn1nnc(-c2ccc([N+](=O)[O-])cc2)n1. The lowest BCUT2D eigenvalue weighted by atomic mass is 9.97. The zero-order valence-corrected chi connectivity index (χ0v) is 14.2. The molecule has 1 aromatic heterocycles. The highest BCUT2D eigenvalue weighted by Gasteiger charge is 2.29. The second kappa shape index (κ2) is 6.96. The molecule has 0 spiro atoms. The first-order valence-corrected chi connectivity index (χ1v) is 8.29. The van der Waals surface area contributed by atoms with Gasteiger partial charge in [0.25, 0.3) is 5.69 Å². The maximum atomic E-state index is 12.6. The molecule has 2 atom stereocenters. The lowest BCUT2D eigenvalue weighted by Crippen LogP contribution is -2.48. The zero-order chi connectivity index (χ0) is 18.0. The van der Waals surface area contributed by atoms with Crippen molar-refractivity contribution in [2.24, 2.45) is 0 Å². The van der Waals surface area contributed by atoms with Gasteiger partial charge in [0.2, 0.25) is 11.7 Å². The molecule has 3 rings (SSSR count). The van der Waals surface area contributed by atoms with Crippen LogP contribution in [0, 0.1) is 10.1 Å². The highest BCUT2D eigenvalue weighted by molar-refractivity contribution is 5.76. The third-order valence-corrected chi connectivity index (χ3v) is 4.55. The van der Waals surface area contributed by atoms with Gasteiger partial charge in [-0.3, -0.25) is 14.9 Å². The monoisotopic (exact) mass is 344 g/mol. The van der Waals surface area contributed by atoms with Crippen LogP contribution in [0.4, 0.5) is 5.69 Å². The first kappa shape index (κ1) is 17.0. The number of amides is 1. The van der Waals surface area contributed by atoms with E-state index in [1.54, 1.807) is 12.1 Å². The van der Waals surface area contributed by atoms with Crippen molar-refractivity contribution in [2.45, 2.75) is 51.7 Å². The molecule has 9 nitrogen and oxygen atoms in total. The maximum Gasteiger partial charge on any atom is 0.269 e. The number of hydrogen-bond donors (Lipinski definition) is 0. The number of likely N-dealkylation sites (tertiary alicyclic amines) is 1. The summed E-state index contributed by atoms with van der Waals surface area (Å²) in [5.74, 6) is 0.315. The third kappa shape index (κ3) is 3.65. The van der Waals surface area contributed by atoms with E-state index in [-0.39, 0.29) is 30.2 Å². The number of tetrazole rings is 1. The summed E-state index contributed by atoms with van der Waals surface area (Å²) in [4.78, 5) is 26.0. The molecule has 25 heavy (non-hydrogen) atoms. The molecule has 0 bridgehead atoms. The average molecular weight is 344 g/mol. The van der Waals surface area contributed by atoms with Gasteiger partial charge in [-0.1, -0.05) is 0 Å². The molecular weight excluding hydrogens is 324 g/mol. The van der Waals surface area contributed by atoms with Crippen molar-refractivity contribution in [3.63, 3.8) is 0 Å². The van der Waals surface area contributed by atoms with Crippen molar-refractivity contribution in [3.05, 3.63) is 34.4 Å². The van der Waals surface area contributed by atoms with Crippen LogP contribution in [0.5, 0.6) is 0 Å². The van der Waals surface area contributed by atoms with Gasteiger partial charge < -0.3 is 4.90 Å². The van der Waals surface area contributed by atoms with Crippen LogP contribution < -0.4 is 0 Å². The van der Waals surface area contributed by atoms with Crippen LogP contribution in [0.2, 0.25) is 0 Å². The summed E-state index contributed by atoms with van der Waals surface area (Å²) in [7, 11) is 0. The molecule has 1 aromatic carbocycles. The smallest absolute Gasteiger partial charge is 0.269 e. The second-order valence-electron chi connectivity index (χ2n) is 6.38. The topological polar surface area (TPSA) is 107 Å². The molecule has 9 heteroatoms. The van der Waals surface area contributed by atoms with E-state index in [4.69, 9.17) is 0 Å². The van der Waals surface area contributed by atoms with Crippen LogP contribution >= 0.6 is 0 Å². The van der Waals surface area contributed by atoms with Crippen LogP contribution in [0.25, 0.3) is 11.4 Å². The van der Waals surface area contributed by atoms with E-state index in [1.165, 1.54) is 16.9 Å². The van der Waals surface area contributed by atoms with Crippen LogP contribution in [-0.4, -0.2) is 48.0 Å². The van der Waals surface area contributed by atoms with Gasteiger partial charge in [-0.25, -0.2) is 0 Å². The Kier molecular flexibility index (Phi) is 4.73. The number of nitro benzene ring substituents is 1. The Hall–Kier alpha value is -2.84. The van der Waals surface area contributed by atoms with E-state index < -0.39 is 4.92 Å². The Labute approximate surface area is 144 Å². The molecule has 132 valence electrons. The molecular formula is C16H20N6O3. The van der Waals surface area contributed by atoms with Crippen LogP contribution in [0.15, 0.2) is 24.3 Å². The number of carbonyl (C=O) groups is 1. The second-order valence-corrected chi connectivity index (χ2v) is 6.38. The first-order chi connectivity index (χ1) is 12.0. The summed E-state index contributed by atoms with van der Waals surface area (Å²) in [6.45, 7) is 4.16. The lowest BCUT2D eigenvalue weighted by Gasteiger charge is -2.38.